The first-order valence-electron chi connectivity index (χ1n) is 9.23. The number of halogens is 1. The molecule has 0 bridgehead atoms. The average Bonchev–Trinajstić information content (AvgIpc) is 3.20. The fourth-order valence-corrected chi connectivity index (χ4v) is 3.58. The number of thioether (sulfide) groups is 1. The van der Waals surface area contributed by atoms with Crippen LogP contribution in [-0.4, -0.2) is 31.4 Å². The van der Waals surface area contributed by atoms with E-state index in [1.165, 1.54) is 17.8 Å². The van der Waals surface area contributed by atoms with Gasteiger partial charge in [-0.1, -0.05) is 42.1 Å². The fraction of sp³-hybridized carbons (Fsp3) is 0.0909. The number of hydrogen-bond acceptors (Lipinski definition) is 5. The Balaban J connectivity index is 1.56. The molecule has 4 rings (SSSR count). The number of pyridine rings is 1. The Labute approximate surface area is 177 Å². The van der Waals surface area contributed by atoms with Gasteiger partial charge in [0.1, 0.15) is 11.5 Å². The predicted octanol–water partition coefficient (Wildman–Crippen LogP) is 4.51. The van der Waals surface area contributed by atoms with Crippen LogP contribution in [-0.2, 0) is 4.79 Å². The van der Waals surface area contributed by atoms with Gasteiger partial charge in [-0.05, 0) is 48.9 Å². The molecule has 0 saturated carbocycles. The van der Waals surface area contributed by atoms with Gasteiger partial charge in [-0.25, -0.2) is 4.39 Å². The Kier molecular flexibility index (Phi) is 5.85. The minimum Gasteiger partial charge on any atom is -0.325 e. The Morgan fingerprint density at radius 1 is 1.07 bits per heavy atom. The second kappa shape index (κ2) is 8.87. The summed E-state index contributed by atoms with van der Waals surface area (Å²) >= 11 is 1.25. The molecule has 2 aromatic carbocycles. The Morgan fingerprint density at radius 3 is 2.60 bits per heavy atom. The molecule has 0 saturated heterocycles. The van der Waals surface area contributed by atoms with Crippen molar-refractivity contribution < 1.29 is 9.18 Å². The summed E-state index contributed by atoms with van der Waals surface area (Å²) in [5.74, 6) is 0.0720. The zero-order valence-electron chi connectivity index (χ0n) is 16.1. The lowest BCUT2D eigenvalue weighted by Crippen LogP contribution is -2.14. The van der Waals surface area contributed by atoms with Crippen LogP contribution >= 0.6 is 11.8 Å². The highest BCUT2D eigenvalue weighted by atomic mass is 32.2. The topological polar surface area (TPSA) is 72.7 Å². The highest BCUT2D eigenvalue weighted by Crippen LogP contribution is 2.27. The maximum atomic E-state index is 13.7. The third-order valence-electron chi connectivity index (χ3n) is 4.33. The van der Waals surface area contributed by atoms with Crippen LogP contribution in [0.4, 0.5) is 10.1 Å². The van der Waals surface area contributed by atoms with Gasteiger partial charge in [-0.3, -0.25) is 14.3 Å². The number of para-hydroxylation sites is 1. The summed E-state index contributed by atoms with van der Waals surface area (Å²) < 4.78 is 15.6. The van der Waals surface area contributed by atoms with E-state index in [-0.39, 0.29) is 17.5 Å². The van der Waals surface area contributed by atoms with Crippen LogP contribution in [0, 0.1) is 12.7 Å². The number of anilines is 1. The molecule has 0 radical (unpaired) electrons. The SMILES string of the molecule is Cc1ccc(NC(=O)CSc2nnc(-c3ccccn3)n2-c2ccccc2)cc1F. The van der Waals surface area contributed by atoms with E-state index in [9.17, 15) is 9.18 Å². The van der Waals surface area contributed by atoms with Gasteiger partial charge in [0, 0.05) is 17.6 Å². The number of benzene rings is 2. The first-order chi connectivity index (χ1) is 14.6. The molecule has 0 fully saturated rings. The maximum Gasteiger partial charge on any atom is 0.234 e. The molecule has 4 aromatic rings. The summed E-state index contributed by atoms with van der Waals surface area (Å²) in [4.78, 5) is 16.7. The minimum absolute atomic E-state index is 0.0999. The lowest BCUT2D eigenvalue weighted by atomic mass is 10.2. The van der Waals surface area contributed by atoms with E-state index >= 15 is 0 Å². The van der Waals surface area contributed by atoms with E-state index in [1.54, 1.807) is 25.3 Å². The van der Waals surface area contributed by atoms with Crippen LogP contribution in [0.15, 0.2) is 78.1 Å². The van der Waals surface area contributed by atoms with Crippen molar-refractivity contribution in [2.24, 2.45) is 0 Å². The number of carbonyl (C=O) groups is 1. The molecule has 0 aliphatic carbocycles. The normalized spacial score (nSPS) is 10.7. The van der Waals surface area contributed by atoms with Crippen LogP contribution in [0.5, 0.6) is 0 Å². The lowest BCUT2D eigenvalue weighted by molar-refractivity contribution is -0.113. The van der Waals surface area contributed by atoms with E-state index < -0.39 is 0 Å². The van der Waals surface area contributed by atoms with Crippen LogP contribution < -0.4 is 5.32 Å². The first kappa shape index (κ1) is 19.8. The number of hydrogen-bond donors (Lipinski definition) is 1. The fourth-order valence-electron chi connectivity index (χ4n) is 2.83. The molecule has 2 aromatic heterocycles. The predicted molar refractivity (Wildman–Crippen MR) is 115 cm³/mol. The number of nitrogens with zero attached hydrogens (tertiary/aromatic N) is 4. The number of carbonyl (C=O) groups excluding carboxylic acids is 1. The minimum atomic E-state index is -0.357. The molecular formula is C22H18FN5OS. The van der Waals surface area contributed by atoms with Crippen molar-refractivity contribution in [1.82, 2.24) is 19.7 Å². The quantitative estimate of drug-likeness (QED) is 0.466. The standard InChI is InChI=1S/C22H18FN5OS/c1-15-10-11-16(13-18(15)23)25-20(29)14-30-22-27-26-21(19-9-5-6-12-24-19)28(22)17-7-3-2-4-8-17/h2-13H,14H2,1H3,(H,25,29). The molecular weight excluding hydrogens is 401 g/mol. The molecule has 2 heterocycles. The van der Waals surface area contributed by atoms with Gasteiger partial charge in [-0.2, -0.15) is 0 Å². The third kappa shape index (κ3) is 4.38. The largest absolute Gasteiger partial charge is 0.325 e. The van der Waals surface area contributed by atoms with Crippen LogP contribution in [0.1, 0.15) is 5.56 Å². The molecule has 1 N–H and O–H groups in total. The van der Waals surface area contributed by atoms with E-state index in [4.69, 9.17) is 0 Å². The summed E-state index contributed by atoms with van der Waals surface area (Å²) in [6, 6.07) is 19.8. The van der Waals surface area contributed by atoms with E-state index in [2.05, 4.69) is 20.5 Å². The summed E-state index contributed by atoms with van der Waals surface area (Å²) in [7, 11) is 0. The van der Waals surface area contributed by atoms with Crippen molar-refractivity contribution in [3.63, 3.8) is 0 Å². The van der Waals surface area contributed by atoms with Crippen molar-refractivity contribution >= 4 is 23.4 Å². The smallest absolute Gasteiger partial charge is 0.234 e. The molecule has 0 aliphatic rings. The molecule has 150 valence electrons. The number of rotatable bonds is 6. The van der Waals surface area contributed by atoms with Gasteiger partial charge in [0.25, 0.3) is 0 Å². The number of amides is 1. The van der Waals surface area contributed by atoms with Crippen molar-refractivity contribution in [2.75, 3.05) is 11.1 Å². The summed E-state index contributed by atoms with van der Waals surface area (Å²) in [5.41, 5.74) is 2.50. The molecule has 6 nitrogen and oxygen atoms in total. The first-order valence-corrected chi connectivity index (χ1v) is 10.2. The third-order valence-corrected chi connectivity index (χ3v) is 5.26. The highest BCUT2D eigenvalue weighted by molar-refractivity contribution is 7.99. The molecule has 30 heavy (non-hydrogen) atoms. The molecule has 0 aliphatic heterocycles. The van der Waals surface area contributed by atoms with Crippen molar-refractivity contribution in [3.8, 4) is 17.2 Å². The molecule has 8 heteroatoms. The number of aromatic nitrogens is 4. The number of aryl methyl sites for hydroxylation is 1. The van der Waals surface area contributed by atoms with Crippen LogP contribution in [0.2, 0.25) is 0 Å². The van der Waals surface area contributed by atoms with Crippen molar-refractivity contribution in [2.45, 2.75) is 12.1 Å². The van der Waals surface area contributed by atoms with Crippen LogP contribution in [0.3, 0.4) is 0 Å². The molecule has 0 spiro atoms. The summed E-state index contributed by atoms with van der Waals surface area (Å²) in [5, 5.41) is 11.8. The maximum absolute atomic E-state index is 13.7. The van der Waals surface area contributed by atoms with Gasteiger partial charge >= 0.3 is 0 Å². The van der Waals surface area contributed by atoms with E-state index in [0.29, 0.717) is 27.9 Å². The zero-order valence-corrected chi connectivity index (χ0v) is 16.9. The van der Waals surface area contributed by atoms with Gasteiger partial charge < -0.3 is 5.32 Å². The molecule has 0 atom stereocenters. The average molecular weight is 419 g/mol. The Hall–Kier alpha value is -3.52. The number of nitrogens with one attached hydrogen (secondary N) is 1. The van der Waals surface area contributed by atoms with E-state index in [0.717, 1.165) is 5.69 Å². The van der Waals surface area contributed by atoms with E-state index in [1.807, 2.05) is 53.1 Å². The highest BCUT2D eigenvalue weighted by Gasteiger charge is 2.18. The Morgan fingerprint density at radius 2 is 1.87 bits per heavy atom. The van der Waals surface area contributed by atoms with Gasteiger partial charge in [0.05, 0.1) is 5.75 Å². The van der Waals surface area contributed by atoms with Gasteiger partial charge in [-0.15, -0.1) is 10.2 Å². The summed E-state index contributed by atoms with van der Waals surface area (Å²) in [6.45, 7) is 1.67. The lowest BCUT2D eigenvalue weighted by Gasteiger charge is -2.10. The second-order valence-electron chi connectivity index (χ2n) is 6.49. The van der Waals surface area contributed by atoms with Crippen molar-refractivity contribution in [3.05, 3.63) is 84.3 Å². The second-order valence-corrected chi connectivity index (χ2v) is 7.44. The van der Waals surface area contributed by atoms with Crippen molar-refractivity contribution in [1.29, 1.82) is 0 Å². The molecule has 1 amide bonds. The summed E-state index contributed by atoms with van der Waals surface area (Å²) in [6.07, 6.45) is 1.69. The van der Waals surface area contributed by atoms with Crippen LogP contribution in [0.25, 0.3) is 17.2 Å². The van der Waals surface area contributed by atoms with Gasteiger partial charge in [0.2, 0.25) is 5.91 Å². The zero-order chi connectivity index (χ0) is 20.9. The Bertz CT molecular complexity index is 1160. The monoisotopic (exact) mass is 419 g/mol. The van der Waals surface area contributed by atoms with Gasteiger partial charge in [0.15, 0.2) is 11.0 Å². The molecule has 0 unspecified atom stereocenters.